The molecule has 1 aromatic rings. The summed E-state index contributed by atoms with van der Waals surface area (Å²) in [5.74, 6) is -0.237. The fourth-order valence-electron chi connectivity index (χ4n) is 1.20. The molecule has 0 aliphatic rings. The van der Waals surface area contributed by atoms with E-state index in [0.29, 0.717) is 6.54 Å². The summed E-state index contributed by atoms with van der Waals surface area (Å²) in [6.45, 7) is 4.31. The summed E-state index contributed by atoms with van der Waals surface area (Å²) in [5.41, 5.74) is 5.29. The SMILES string of the molecule is CC(C)(N)CNC(=O)CCNC(=O)c1ccco1.Cl. The van der Waals surface area contributed by atoms with Crippen LogP contribution in [0.4, 0.5) is 0 Å². The van der Waals surface area contributed by atoms with Crippen molar-refractivity contribution in [2.24, 2.45) is 5.73 Å². The molecule has 2 amide bonds. The zero-order chi connectivity index (χ0) is 13.6. The standard InChI is InChI=1S/C12H19N3O3.ClH/c1-12(2,13)8-15-10(16)5-6-14-11(17)9-4-3-7-18-9;/h3-4,7H,5-6,8,13H2,1-2H3,(H,14,17)(H,15,16);1H. The van der Waals surface area contributed by atoms with E-state index in [-0.39, 0.29) is 42.9 Å². The minimum atomic E-state index is -0.437. The highest BCUT2D eigenvalue weighted by molar-refractivity contribution is 5.91. The summed E-state index contributed by atoms with van der Waals surface area (Å²) < 4.78 is 4.92. The quantitative estimate of drug-likeness (QED) is 0.717. The molecular formula is C12H20ClN3O3. The lowest BCUT2D eigenvalue weighted by atomic mass is 10.1. The number of carbonyl (C=O) groups excluding carboxylic acids is 2. The Hall–Kier alpha value is -1.53. The molecule has 6 nitrogen and oxygen atoms in total. The van der Waals surface area contributed by atoms with Gasteiger partial charge < -0.3 is 20.8 Å². The lowest BCUT2D eigenvalue weighted by Gasteiger charge is -2.18. The second-order valence-corrected chi connectivity index (χ2v) is 4.75. The Kier molecular flexibility index (Phi) is 7.18. The van der Waals surface area contributed by atoms with Crippen LogP contribution in [0.1, 0.15) is 30.8 Å². The Morgan fingerprint density at radius 1 is 1.37 bits per heavy atom. The fraction of sp³-hybridized carbons (Fsp3) is 0.500. The van der Waals surface area contributed by atoms with Crippen molar-refractivity contribution in [1.82, 2.24) is 10.6 Å². The van der Waals surface area contributed by atoms with Gasteiger partial charge in [-0.2, -0.15) is 0 Å². The number of carbonyl (C=O) groups is 2. The van der Waals surface area contributed by atoms with E-state index in [1.165, 1.54) is 6.26 Å². The Bertz CT molecular complexity index is 399. The largest absolute Gasteiger partial charge is 0.459 e. The van der Waals surface area contributed by atoms with Crippen molar-refractivity contribution in [1.29, 1.82) is 0 Å². The van der Waals surface area contributed by atoms with Gasteiger partial charge in [-0.1, -0.05) is 0 Å². The summed E-state index contributed by atoms with van der Waals surface area (Å²) in [6, 6.07) is 3.19. The average Bonchev–Trinajstić information content (AvgIpc) is 2.78. The van der Waals surface area contributed by atoms with Gasteiger partial charge in [0.05, 0.1) is 6.26 Å². The van der Waals surface area contributed by atoms with E-state index in [1.807, 2.05) is 13.8 Å². The second-order valence-electron chi connectivity index (χ2n) is 4.75. The first-order chi connectivity index (χ1) is 8.38. The molecule has 0 spiro atoms. The first kappa shape index (κ1) is 17.5. The molecule has 0 atom stereocenters. The summed E-state index contributed by atoms with van der Waals surface area (Å²) in [6.07, 6.45) is 1.63. The van der Waals surface area contributed by atoms with Crippen molar-refractivity contribution >= 4 is 24.2 Å². The van der Waals surface area contributed by atoms with Crippen LogP contribution in [0.2, 0.25) is 0 Å². The highest BCUT2D eigenvalue weighted by atomic mass is 35.5. The lowest BCUT2D eigenvalue weighted by molar-refractivity contribution is -0.121. The topological polar surface area (TPSA) is 97.4 Å². The van der Waals surface area contributed by atoms with Crippen molar-refractivity contribution < 1.29 is 14.0 Å². The molecule has 1 heterocycles. The van der Waals surface area contributed by atoms with Crippen LogP contribution in [0, 0.1) is 0 Å². The summed E-state index contributed by atoms with van der Waals surface area (Å²) in [7, 11) is 0. The maximum absolute atomic E-state index is 11.4. The smallest absolute Gasteiger partial charge is 0.286 e. The maximum Gasteiger partial charge on any atom is 0.286 e. The third-order valence-electron chi connectivity index (χ3n) is 2.12. The van der Waals surface area contributed by atoms with E-state index in [0.717, 1.165) is 0 Å². The second kappa shape index (κ2) is 7.81. The van der Waals surface area contributed by atoms with Crippen LogP contribution >= 0.6 is 12.4 Å². The van der Waals surface area contributed by atoms with Crippen LogP contribution < -0.4 is 16.4 Å². The van der Waals surface area contributed by atoms with Crippen LogP contribution in [0.15, 0.2) is 22.8 Å². The van der Waals surface area contributed by atoms with Crippen molar-refractivity contribution in [2.45, 2.75) is 25.8 Å². The van der Waals surface area contributed by atoms with Crippen molar-refractivity contribution in [2.75, 3.05) is 13.1 Å². The number of hydrogen-bond acceptors (Lipinski definition) is 4. The molecule has 0 saturated heterocycles. The predicted molar refractivity (Wildman–Crippen MR) is 74.2 cm³/mol. The Labute approximate surface area is 118 Å². The third kappa shape index (κ3) is 7.48. The number of furan rings is 1. The molecule has 0 aromatic carbocycles. The molecule has 1 aromatic heterocycles. The summed E-state index contributed by atoms with van der Waals surface area (Å²) >= 11 is 0. The van der Waals surface area contributed by atoms with Gasteiger partial charge in [-0.15, -0.1) is 12.4 Å². The van der Waals surface area contributed by atoms with Crippen molar-refractivity contribution in [3.05, 3.63) is 24.2 Å². The van der Waals surface area contributed by atoms with E-state index in [4.69, 9.17) is 10.2 Å². The minimum Gasteiger partial charge on any atom is -0.459 e. The highest BCUT2D eigenvalue weighted by Gasteiger charge is 2.12. The number of nitrogens with one attached hydrogen (secondary N) is 2. The molecule has 0 aliphatic carbocycles. The van der Waals surface area contributed by atoms with Gasteiger partial charge in [-0.05, 0) is 26.0 Å². The molecule has 0 bridgehead atoms. The molecule has 108 valence electrons. The predicted octanol–water partition coefficient (Wildman–Crippen LogP) is 0.675. The molecule has 7 heteroatoms. The molecule has 0 aliphatic heterocycles. The Balaban J connectivity index is 0.00000324. The van der Waals surface area contributed by atoms with E-state index < -0.39 is 5.54 Å². The number of amides is 2. The molecule has 0 fully saturated rings. The molecule has 0 saturated carbocycles. The van der Waals surface area contributed by atoms with Crippen molar-refractivity contribution in [3.63, 3.8) is 0 Å². The van der Waals surface area contributed by atoms with Crippen LogP contribution in [0.3, 0.4) is 0 Å². The van der Waals surface area contributed by atoms with E-state index in [2.05, 4.69) is 10.6 Å². The summed E-state index contributed by atoms with van der Waals surface area (Å²) in [5, 5.41) is 5.28. The normalized spacial score (nSPS) is 10.5. The molecule has 1 rings (SSSR count). The molecular weight excluding hydrogens is 270 g/mol. The lowest BCUT2D eigenvalue weighted by Crippen LogP contribution is -2.45. The Morgan fingerprint density at radius 2 is 2.05 bits per heavy atom. The minimum absolute atomic E-state index is 0. The van der Waals surface area contributed by atoms with Gasteiger partial charge in [0.25, 0.3) is 5.91 Å². The van der Waals surface area contributed by atoms with Crippen LogP contribution in [0.25, 0.3) is 0 Å². The summed E-state index contributed by atoms with van der Waals surface area (Å²) in [4.78, 5) is 22.9. The van der Waals surface area contributed by atoms with Crippen LogP contribution in [0.5, 0.6) is 0 Å². The number of hydrogen-bond donors (Lipinski definition) is 3. The number of halogens is 1. The Morgan fingerprint density at radius 3 is 2.58 bits per heavy atom. The van der Waals surface area contributed by atoms with Crippen molar-refractivity contribution in [3.8, 4) is 0 Å². The first-order valence-electron chi connectivity index (χ1n) is 5.76. The molecule has 0 radical (unpaired) electrons. The third-order valence-corrected chi connectivity index (χ3v) is 2.12. The number of nitrogens with two attached hydrogens (primary N) is 1. The van der Waals surface area contributed by atoms with Gasteiger partial charge in [0.2, 0.25) is 5.91 Å². The van der Waals surface area contributed by atoms with E-state index in [9.17, 15) is 9.59 Å². The van der Waals surface area contributed by atoms with Crippen LogP contribution in [-0.2, 0) is 4.79 Å². The fourth-order valence-corrected chi connectivity index (χ4v) is 1.20. The van der Waals surface area contributed by atoms with Gasteiger partial charge in [0.1, 0.15) is 0 Å². The van der Waals surface area contributed by atoms with Gasteiger partial charge in [-0.25, -0.2) is 0 Å². The van der Waals surface area contributed by atoms with Gasteiger partial charge >= 0.3 is 0 Å². The van der Waals surface area contributed by atoms with Crippen LogP contribution in [-0.4, -0.2) is 30.4 Å². The maximum atomic E-state index is 11.4. The molecule has 0 unspecified atom stereocenters. The zero-order valence-corrected chi connectivity index (χ0v) is 11.9. The highest BCUT2D eigenvalue weighted by Crippen LogP contribution is 1.99. The molecule has 4 N–H and O–H groups in total. The zero-order valence-electron chi connectivity index (χ0n) is 11.1. The average molecular weight is 290 g/mol. The molecule has 19 heavy (non-hydrogen) atoms. The van der Waals surface area contributed by atoms with Gasteiger partial charge in [0, 0.05) is 25.0 Å². The number of rotatable bonds is 6. The monoisotopic (exact) mass is 289 g/mol. The van der Waals surface area contributed by atoms with E-state index in [1.54, 1.807) is 12.1 Å². The van der Waals surface area contributed by atoms with Gasteiger partial charge in [-0.3, -0.25) is 9.59 Å². The first-order valence-corrected chi connectivity index (χ1v) is 5.76. The van der Waals surface area contributed by atoms with Gasteiger partial charge in [0.15, 0.2) is 5.76 Å². The van der Waals surface area contributed by atoms with E-state index >= 15 is 0 Å².